The van der Waals surface area contributed by atoms with Crippen molar-refractivity contribution >= 4 is 11.3 Å². The summed E-state index contributed by atoms with van der Waals surface area (Å²) in [5.74, 6) is 1.87. The van der Waals surface area contributed by atoms with Crippen LogP contribution in [-0.2, 0) is 5.54 Å². The van der Waals surface area contributed by atoms with E-state index < -0.39 is 0 Å². The summed E-state index contributed by atoms with van der Waals surface area (Å²) in [5, 5.41) is 3.31. The van der Waals surface area contributed by atoms with Crippen LogP contribution in [0.4, 0.5) is 0 Å². The van der Waals surface area contributed by atoms with E-state index in [0.29, 0.717) is 0 Å². The highest BCUT2D eigenvalue weighted by Crippen LogP contribution is 2.48. The van der Waals surface area contributed by atoms with Crippen molar-refractivity contribution < 1.29 is 0 Å². The minimum absolute atomic E-state index is 0.107. The van der Waals surface area contributed by atoms with E-state index in [1.807, 2.05) is 0 Å². The zero-order chi connectivity index (χ0) is 11.2. The first-order chi connectivity index (χ1) is 7.67. The van der Waals surface area contributed by atoms with Gasteiger partial charge in [0, 0.05) is 11.1 Å². The molecule has 0 saturated heterocycles. The highest BCUT2D eigenvalue weighted by atomic mass is 32.1. The van der Waals surface area contributed by atoms with E-state index in [1.165, 1.54) is 37.1 Å². The number of rotatable bonds is 2. The summed E-state index contributed by atoms with van der Waals surface area (Å²) in [7, 11) is 0. The molecule has 2 aliphatic carbocycles. The number of aryl methyl sites for hydroxylation is 1. The average Bonchev–Trinajstić information content (AvgIpc) is 3.01. The number of hydrogen-bond donors (Lipinski definition) is 1. The fraction of sp³-hybridized carbons (Fsp3) is 0.769. The Labute approximate surface area is 101 Å². The number of nitrogens with two attached hydrogens (primary N) is 1. The van der Waals surface area contributed by atoms with Crippen molar-refractivity contribution in [3.63, 3.8) is 0 Å². The van der Waals surface area contributed by atoms with Gasteiger partial charge in [0.15, 0.2) is 0 Å². The first kappa shape index (κ1) is 10.7. The molecule has 16 heavy (non-hydrogen) atoms. The normalized spacial score (nSPS) is 35.2. The number of nitrogens with zero attached hydrogens (tertiary/aromatic N) is 1. The molecule has 2 aliphatic rings. The Balaban J connectivity index is 1.80. The van der Waals surface area contributed by atoms with Gasteiger partial charge < -0.3 is 5.73 Å². The van der Waals surface area contributed by atoms with Crippen LogP contribution in [0.15, 0.2) is 5.38 Å². The third-order valence-electron chi connectivity index (χ3n) is 4.16. The van der Waals surface area contributed by atoms with Crippen LogP contribution >= 0.6 is 11.3 Å². The van der Waals surface area contributed by atoms with E-state index in [0.717, 1.165) is 24.0 Å². The van der Waals surface area contributed by atoms with Gasteiger partial charge >= 0.3 is 0 Å². The van der Waals surface area contributed by atoms with E-state index in [4.69, 9.17) is 5.73 Å². The van der Waals surface area contributed by atoms with Crippen LogP contribution in [0.5, 0.6) is 0 Å². The summed E-state index contributed by atoms with van der Waals surface area (Å²) < 4.78 is 0. The maximum Gasteiger partial charge on any atom is 0.113 e. The molecule has 0 radical (unpaired) electrons. The van der Waals surface area contributed by atoms with Gasteiger partial charge in [-0.15, -0.1) is 11.3 Å². The van der Waals surface area contributed by atoms with Crippen molar-refractivity contribution in [1.82, 2.24) is 4.98 Å². The number of thiazole rings is 1. The van der Waals surface area contributed by atoms with Gasteiger partial charge in [0.05, 0.1) is 5.54 Å². The third kappa shape index (κ3) is 1.91. The molecule has 3 rings (SSSR count). The summed E-state index contributed by atoms with van der Waals surface area (Å²) in [4.78, 5) is 4.61. The molecule has 0 spiro atoms. The molecule has 1 aromatic rings. The molecule has 2 atom stereocenters. The quantitative estimate of drug-likeness (QED) is 0.856. The van der Waals surface area contributed by atoms with Crippen molar-refractivity contribution in [1.29, 1.82) is 0 Å². The van der Waals surface area contributed by atoms with Crippen LogP contribution in [0.3, 0.4) is 0 Å². The Morgan fingerprint density at radius 1 is 1.38 bits per heavy atom. The van der Waals surface area contributed by atoms with E-state index in [-0.39, 0.29) is 5.54 Å². The first-order valence-electron chi connectivity index (χ1n) is 6.39. The molecule has 2 fully saturated rings. The second-order valence-corrected chi connectivity index (χ2v) is 6.50. The maximum atomic E-state index is 6.60. The van der Waals surface area contributed by atoms with E-state index >= 15 is 0 Å². The summed E-state index contributed by atoms with van der Waals surface area (Å²) in [6, 6.07) is 0. The molecule has 1 aromatic heterocycles. The molecule has 88 valence electrons. The summed E-state index contributed by atoms with van der Waals surface area (Å²) in [5.41, 5.74) is 7.61. The highest BCUT2D eigenvalue weighted by Gasteiger charge is 2.42. The van der Waals surface area contributed by atoms with Crippen molar-refractivity contribution in [3.8, 4) is 0 Å². The number of aromatic nitrogens is 1. The zero-order valence-electron chi connectivity index (χ0n) is 9.91. The smallest absolute Gasteiger partial charge is 0.113 e. The SMILES string of the molecule is Cc1csc(C2(N)CCCC(C3CC3)C2)n1. The Bertz CT molecular complexity index is 383. The van der Waals surface area contributed by atoms with Crippen LogP contribution in [0.2, 0.25) is 0 Å². The Morgan fingerprint density at radius 2 is 2.19 bits per heavy atom. The van der Waals surface area contributed by atoms with Gasteiger partial charge in [0.25, 0.3) is 0 Å². The minimum atomic E-state index is -0.107. The van der Waals surface area contributed by atoms with E-state index in [1.54, 1.807) is 11.3 Å². The standard InChI is InChI=1S/C13H20N2S/c1-9-8-16-12(15-9)13(14)6-2-3-11(7-13)10-4-5-10/h8,10-11H,2-7,14H2,1H3. The van der Waals surface area contributed by atoms with Crippen LogP contribution < -0.4 is 5.73 Å². The van der Waals surface area contributed by atoms with Gasteiger partial charge in [-0.05, 0) is 44.4 Å². The highest BCUT2D eigenvalue weighted by molar-refractivity contribution is 7.09. The molecule has 1 heterocycles. The molecule has 2 nitrogen and oxygen atoms in total. The van der Waals surface area contributed by atoms with Crippen LogP contribution in [0.1, 0.15) is 49.2 Å². The van der Waals surface area contributed by atoms with Crippen LogP contribution in [0.25, 0.3) is 0 Å². The Kier molecular flexibility index (Phi) is 2.55. The second-order valence-electron chi connectivity index (χ2n) is 5.64. The van der Waals surface area contributed by atoms with Crippen LogP contribution in [0, 0.1) is 18.8 Å². The zero-order valence-corrected chi connectivity index (χ0v) is 10.7. The molecule has 2 unspecified atom stereocenters. The summed E-state index contributed by atoms with van der Waals surface area (Å²) in [6.07, 6.45) is 7.87. The van der Waals surface area contributed by atoms with Gasteiger partial charge in [-0.3, -0.25) is 0 Å². The van der Waals surface area contributed by atoms with E-state index in [9.17, 15) is 0 Å². The lowest BCUT2D eigenvalue weighted by Crippen LogP contribution is -2.41. The number of hydrogen-bond acceptors (Lipinski definition) is 3. The van der Waals surface area contributed by atoms with Crippen molar-refractivity contribution in [2.75, 3.05) is 0 Å². The molecule has 0 bridgehead atoms. The minimum Gasteiger partial charge on any atom is -0.319 e. The first-order valence-corrected chi connectivity index (χ1v) is 7.27. The molecule has 2 saturated carbocycles. The van der Waals surface area contributed by atoms with Crippen molar-refractivity contribution in [2.45, 2.75) is 51.0 Å². The Morgan fingerprint density at radius 3 is 2.81 bits per heavy atom. The van der Waals surface area contributed by atoms with Gasteiger partial charge in [-0.25, -0.2) is 4.98 Å². The predicted octanol–water partition coefficient (Wildman–Crippen LogP) is 3.21. The molecule has 0 aliphatic heterocycles. The lowest BCUT2D eigenvalue weighted by atomic mass is 9.74. The molecule has 2 N–H and O–H groups in total. The van der Waals surface area contributed by atoms with Gasteiger partial charge in [0.2, 0.25) is 0 Å². The predicted molar refractivity (Wildman–Crippen MR) is 67.4 cm³/mol. The largest absolute Gasteiger partial charge is 0.319 e. The topological polar surface area (TPSA) is 38.9 Å². The summed E-state index contributed by atoms with van der Waals surface area (Å²) >= 11 is 1.75. The van der Waals surface area contributed by atoms with Gasteiger partial charge in [-0.2, -0.15) is 0 Å². The second kappa shape index (κ2) is 3.81. The third-order valence-corrected chi connectivity index (χ3v) is 5.34. The summed E-state index contributed by atoms with van der Waals surface area (Å²) in [6.45, 7) is 2.06. The van der Waals surface area contributed by atoms with E-state index in [2.05, 4.69) is 17.3 Å². The maximum absolute atomic E-state index is 6.60. The fourth-order valence-corrected chi connectivity index (χ4v) is 4.05. The average molecular weight is 236 g/mol. The van der Waals surface area contributed by atoms with Crippen LogP contribution in [-0.4, -0.2) is 4.98 Å². The van der Waals surface area contributed by atoms with Crippen molar-refractivity contribution in [3.05, 3.63) is 16.1 Å². The van der Waals surface area contributed by atoms with Gasteiger partial charge in [0.1, 0.15) is 5.01 Å². The Hall–Kier alpha value is -0.410. The molecule has 3 heteroatoms. The molecular formula is C13H20N2S. The van der Waals surface area contributed by atoms with Crippen molar-refractivity contribution in [2.24, 2.45) is 17.6 Å². The van der Waals surface area contributed by atoms with Gasteiger partial charge in [-0.1, -0.05) is 12.8 Å². The fourth-order valence-electron chi connectivity index (χ4n) is 3.10. The monoisotopic (exact) mass is 236 g/mol. The molecule has 0 amide bonds. The molecular weight excluding hydrogens is 216 g/mol. The molecule has 0 aromatic carbocycles. The lowest BCUT2D eigenvalue weighted by Gasteiger charge is -2.36. The lowest BCUT2D eigenvalue weighted by molar-refractivity contribution is 0.206.